The van der Waals surface area contributed by atoms with Crippen molar-refractivity contribution < 1.29 is 44.2 Å². The average Bonchev–Trinajstić information content (AvgIpc) is 3.50. The molecule has 0 saturated carbocycles. The van der Waals surface area contributed by atoms with Crippen LogP contribution in [0.25, 0.3) is 0 Å². The molecule has 62 heavy (non-hydrogen) atoms. The number of allylic oxidation sites excluding steroid dienone is 7. The lowest BCUT2D eigenvalue weighted by Crippen LogP contribution is -2.37. The third kappa shape index (κ3) is 10.4. The normalized spacial score (nSPS) is 19.3. The van der Waals surface area contributed by atoms with Crippen LogP contribution in [-0.4, -0.2) is 114 Å². The molecule has 0 radical (unpaired) electrons. The summed E-state index contributed by atoms with van der Waals surface area (Å²) in [5, 5.41) is 0. The molecule has 2 heterocycles. The molecule has 0 spiro atoms. The van der Waals surface area contributed by atoms with Gasteiger partial charge < -0.3 is 24.3 Å². The molecule has 0 fully saturated rings. The summed E-state index contributed by atoms with van der Waals surface area (Å²) in [5.41, 5.74) is 13.1. The monoisotopic (exact) mass is 888 g/mol. The first-order valence-electron chi connectivity index (χ1n) is 21.3. The van der Waals surface area contributed by atoms with Gasteiger partial charge in [0.25, 0.3) is 20.2 Å². The first-order chi connectivity index (χ1) is 28.7. The fourth-order valence-electron chi connectivity index (χ4n) is 8.88. The van der Waals surface area contributed by atoms with Crippen LogP contribution in [0, 0.1) is 0 Å². The molecular formula is C48H66N5O7S2+3. The third-order valence-corrected chi connectivity index (χ3v) is 13.9. The summed E-state index contributed by atoms with van der Waals surface area (Å²) in [6.07, 6.45) is 12.7. The Balaban J connectivity index is 1.47. The van der Waals surface area contributed by atoms with Crippen molar-refractivity contribution in [3.63, 3.8) is 0 Å². The molecule has 12 nitrogen and oxygen atoms in total. The summed E-state index contributed by atoms with van der Waals surface area (Å²) in [6.45, 7) is 11.7. The van der Waals surface area contributed by atoms with E-state index in [0.717, 1.165) is 118 Å². The second-order valence-corrected chi connectivity index (χ2v) is 22.8. The zero-order valence-electron chi connectivity index (χ0n) is 38.1. The maximum atomic E-state index is 12.3. The fraction of sp³-hybridized carbons (Fsp3) is 0.438. The van der Waals surface area contributed by atoms with Crippen molar-refractivity contribution in [1.29, 1.82) is 0 Å². The molecule has 2 aliphatic heterocycles. The van der Waals surface area contributed by atoms with E-state index in [1.807, 2.05) is 24.3 Å². The van der Waals surface area contributed by atoms with E-state index in [-0.39, 0.29) is 9.79 Å². The van der Waals surface area contributed by atoms with E-state index >= 15 is 0 Å². The highest BCUT2D eigenvalue weighted by Gasteiger charge is 2.45. The van der Waals surface area contributed by atoms with Crippen molar-refractivity contribution in [1.82, 2.24) is 0 Å². The van der Waals surface area contributed by atoms with Gasteiger partial charge in [0.05, 0.1) is 77.0 Å². The SMILES string of the molecule is CC1(C)C(/C=C/C2=C(Oc3ccc(N)cc3)C(=C/C=C3/N(CCC[N+](C)(C)C)c4ccc(S(=O)(=O)O)cc4C3(C)C)/CCC2)=[N+](CCC[N+](C)(C)C)c2ccc(S(=O)(=O)O)cc21. The topological polar surface area (TPSA) is 150 Å². The number of hydrogen-bond acceptors (Lipinski definition) is 7. The van der Waals surface area contributed by atoms with Gasteiger partial charge in [-0.15, -0.1) is 0 Å². The number of anilines is 2. The van der Waals surface area contributed by atoms with Crippen molar-refractivity contribution in [3.8, 4) is 5.75 Å². The van der Waals surface area contributed by atoms with Crippen LogP contribution in [0.4, 0.5) is 17.1 Å². The number of quaternary nitrogens is 2. The van der Waals surface area contributed by atoms with Crippen molar-refractivity contribution >= 4 is 43.0 Å². The number of nitrogen functional groups attached to an aromatic ring is 1. The minimum Gasteiger partial charge on any atom is -0.457 e. The van der Waals surface area contributed by atoms with E-state index < -0.39 is 31.1 Å². The van der Waals surface area contributed by atoms with E-state index in [4.69, 9.17) is 10.5 Å². The molecule has 3 aromatic carbocycles. The molecule has 0 aromatic heterocycles. The van der Waals surface area contributed by atoms with Gasteiger partial charge in [-0.1, -0.05) is 19.9 Å². The summed E-state index contributed by atoms with van der Waals surface area (Å²) in [4.78, 5) is 2.03. The molecule has 3 aliphatic rings. The summed E-state index contributed by atoms with van der Waals surface area (Å²) in [6, 6.07) is 17.1. The van der Waals surface area contributed by atoms with Crippen molar-refractivity contribution in [2.45, 2.75) is 80.4 Å². The van der Waals surface area contributed by atoms with Crippen molar-refractivity contribution in [3.05, 3.63) is 119 Å². The minimum atomic E-state index is -4.41. The first kappa shape index (κ1) is 46.9. The van der Waals surface area contributed by atoms with Gasteiger partial charge >= 0.3 is 0 Å². The number of hydrogen-bond donors (Lipinski definition) is 3. The van der Waals surface area contributed by atoms with Crippen LogP contribution in [0.5, 0.6) is 5.75 Å². The summed E-state index contributed by atoms with van der Waals surface area (Å²) in [5.74, 6) is 1.39. The summed E-state index contributed by atoms with van der Waals surface area (Å²) in [7, 11) is 4.19. The molecule has 334 valence electrons. The lowest BCUT2D eigenvalue weighted by molar-refractivity contribution is -0.871. The van der Waals surface area contributed by atoms with Crippen molar-refractivity contribution in [2.75, 3.05) is 79.1 Å². The summed E-state index contributed by atoms with van der Waals surface area (Å²) >= 11 is 0. The Kier molecular flexibility index (Phi) is 13.0. The zero-order valence-corrected chi connectivity index (χ0v) is 39.7. The van der Waals surface area contributed by atoms with Crippen LogP contribution in [0.1, 0.15) is 70.9 Å². The predicted molar refractivity (Wildman–Crippen MR) is 248 cm³/mol. The van der Waals surface area contributed by atoms with Gasteiger partial charge in [-0.05, 0) is 117 Å². The standard InChI is InChI=1S/C48H64N5O7S2/c1-47(2)40-32-38(61(54,55)56)22-24-42(40)50(28-12-30-52(5,6)7)44(47)26-16-34-14-11-15-35(46(34)60-37-20-18-36(49)19-21-37)17-27-45-48(3,4)41-33-39(62(57,58)59)23-25-43(41)51(45)29-13-31-53(8,9)10/h16-27,32-33H,11-15,28-31,49H2,1-10H3/q+1/p+2. The van der Waals surface area contributed by atoms with Gasteiger partial charge in [0.15, 0.2) is 12.3 Å². The molecule has 14 heteroatoms. The van der Waals surface area contributed by atoms with Gasteiger partial charge in [0.2, 0.25) is 5.69 Å². The number of rotatable bonds is 15. The van der Waals surface area contributed by atoms with Crippen LogP contribution >= 0.6 is 0 Å². The Bertz CT molecular complexity index is 2610. The highest BCUT2D eigenvalue weighted by Crippen LogP contribution is 2.49. The fourth-order valence-corrected chi connectivity index (χ4v) is 9.90. The van der Waals surface area contributed by atoms with E-state index in [9.17, 15) is 25.9 Å². The number of benzene rings is 3. The molecule has 3 aromatic rings. The maximum Gasteiger partial charge on any atom is 0.294 e. The third-order valence-electron chi connectivity index (χ3n) is 12.2. The van der Waals surface area contributed by atoms with Crippen LogP contribution in [0.3, 0.4) is 0 Å². The molecule has 4 N–H and O–H groups in total. The molecule has 1 aliphatic carbocycles. The molecule has 0 unspecified atom stereocenters. The predicted octanol–water partition coefficient (Wildman–Crippen LogP) is 8.01. The van der Waals surface area contributed by atoms with Gasteiger partial charge in [-0.25, -0.2) is 0 Å². The van der Waals surface area contributed by atoms with Crippen LogP contribution in [0.15, 0.2) is 117 Å². The summed E-state index contributed by atoms with van der Waals surface area (Å²) < 4.78 is 79.8. The van der Waals surface area contributed by atoms with Crippen molar-refractivity contribution in [2.24, 2.45) is 0 Å². The second kappa shape index (κ2) is 17.2. The Hall–Kier alpha value is -4.57. The Labute approximate surface area is 369 Å². The van der Waals surface area contributed by atoms with Crippen LogP contribution in [0.2, 0.25) is 0 Å². The van der Waals surface area contributed by atoms with Gasteiger partial charge in [0.1, 0.15) is 11.5 Å². The van der Waals surface area contributed by atoms with E-state index in [1.54, 1.807) is 24.3 Å². The number of nitrogens with zero attached hydrogens (tertiary/aromatic N) is 4. The van der Waals surface area contributed by atoms with Crippen LogP contribution < -0.4 is 15.4 Å². The quantitative estimate of drug-likeness (QED) is 0.0597. The average molecular weight is 889 g/mol. The van der Waals surface area contributed by atoms with E-state index in [1.165, 1.54) is 12.1 Å². The number of nitrogens with two attached hydrogens (primary N) is 1. The van der Waals surface area contributed by atoms with E-state index in [0.29, 0.717) is 11.4 Å². The molecule has 0 amide bonds. The molecule has 0 bridgehead atoms. The van der Waals surface area contributed by atoms with Gasteiger partial charge in [-0.3, -0.25) is 9.11 Å². The lowest BCUT2D eigenvalue weighted by Gasteiger charge is -2.29. The number of fused-ring (bicyclic) bond motifs is 2. The van der Waals surface area contributed by atoms with E-state index in [2.05, 4.69) is 104 Å². The number of ether oxygens (including phenoxy) is 1. The Morgan fingerprint density at radius 2 is 1.35 bits per heavy atom. The smallest absolute Gasteiger partial charge is 0.294 e. The molecule has 0 atom stereocenters. The van der Waals surface area contributed by atoms with Crippen LogP contribution in [-0.2, 0) is 31.1 Å². The first-order valence-corrected chi connectivity index (χ1v) is 24.2. The van der Waals surface area contributed by atoms with Gasteiger partial charge in [0, 0.05) is 53.2 Å². The molecule has 0 saturated heterocycles. The minimum absolute atomic E-state index is 0.127. The Morgan fingerprint density at radius 3 is 1.97 bits per heavy atom. The Morgan fingerprint density at radius 1 is 0.758 bits per heavy atom. The highest BCUT2D eigenvalue weighted by atomic mass is 32.2. The highest BCUT2D eigenvalue weighted by molar-refractivity contribution is 7.86. The lowest BCUT2D eigenvalue weighted by atomic mass is 9.81. The van der Waals surface area contributed by atoms with Gasteiger partial charge in [-0.2, -0.15) is 21.4 Å². The second-order valence-electron chi connectivity index (χ2n) is 19.9. The molecular weight excluding hydrogens is 823 g/mol. The largest absolute Gasteiger partial charge is 0.457 e. The zero-order chi connectivity index (χ0) is 45.6. The maximum absolute atomic E-state index is 12.3. The molecule has 6 rings (SSSR count).